The number of thioether (sulfide) groups is 1. The Kier molecular flexibility index (Phi) is 6.38. The Balaban J connectivity index is 1.67. The van der Waals surface area contributed by atoms with Gasteiger partial charge in [0.05, 0.1) is 0 Å². The van der Waals surface area contributed by atoms with Crippen LogP contribution in [0.2, 0.25) is 5.02 Å². The maximum absolute atomic E-state index is 5.95. The van der Waals surface area contributed by atoms with E-state index < -0.39 is 0 Å². The number of hydrogen-bond acceptors (Lipinski definition) is 3. The summed E-state index contributed by atoms with van der Waals surface area (Å²) >= 11 is 7.67. The highest BCUT2D eigenvalue weighted by Crippen LogP contribution is 2.28. The SMILES string of the molecule is C=CCn1c(CC2CCCCC2)nnc1SCc1ccc(Cl)cc1. The normalized spacial score (nSPS) is 15.5. The summed E-state index contributed by atoms with van der Waals surface area (Å²) in [5, 5.41) is 10.7. The Labute approximate surface area is 153 Å². The van der Waals surface area contributed by atoms with Crippen molar-refractivity contribution in [2.45, 2.75) is 56.0 Å². The van der Waals surface area contributed by atoms with Gasteiger partial charge >= 0.3 is 0 Å². The van der Waals surface area contributed by atoms with E-state index in [-0.39, 0.29) is 0 Å². The summed E-state index contributed by atoms with van der Waals surface area (Å²) < 4.78 is 2.22. The van der Waals surface area contributed by atoms with Crippen molar-refractivity contribution in [3.63, 3.8) is 0 Å². The van der Waals surface area contributed by atoms with Crippen LogP contribution >= 0.6 is 23.4 Å². The molecule has 0 aliphatic heterocycles. The fourth-order valence-corrected chi connectivity index (χ4v) is 4.32. The Morgan fingerprint density at radius 3 is 2.62 bits per heavy atom. The number of nitrogens with zero attached hydrogens (tertiary/aromatic N) is 3. The third-order valence-electron chi connectivity index (χ3n) is 4.58. The van der Waals surface area contributed by atoms with Gasteiger partial charge in [0, 0.05) is 23.7 Å². The minimum absolute atomic E-state index is 0.764. The number of halogens is 1. The van der Waals surface area contributed by atoms with E-state index in [9.17, 15) is 0 Å². The Hall–Kier alpha value is -1.26. The molecular formula is C19H24ClN3S. The predicted octanol–water partition coefficient (Wildman–Crippen LogP) is 5.53. The molecule has 0 radical (unpaired) electrons. The molecule has 0 atom stereocenters. The van der Waals surface area contributed by atoms with E-state index in [1.54, 1.807) is 11.8 Å². The summed E-state index contributed by atoms with van der Waals surface area (Å²) in [5.74, 6) is 2.75. The van der Waals surface area contributed by atoms with E-state index >= 15 is 0 Å². The van der Waals surface area contributed by atoms with Gasteiger partial charge in [-0.1, -0.05) is 73.7 Å². The van der Waals surface area contributed by atoms with Gasteiger partial charge in [0.2, 0.25) is 0 Å². The smallest absolute Gasteiger partial charge is 0.191 e. The molecule has 1 aliphatic carbocycles. The lowest BCUT2D eigenvalue weighted by atomic mass is 9.87. The highest BCUT2D eigenvalue weighted by Gasteiger charge is 2.19. The largest absolute Gasteiger partial charge is 0.302 e. The van der Waals surface area contributed by atoms with Crippen LogP contribution in [0, 0.1) is 5.92 Å². The average molecular weight is 362 g/mol. The summed E-state index contributed by atoms with van der Waals surface area (Å²) in [7, 11) is 0. The molecule has 1 aliphatic rings. The van der Waals surface area contributed by atoms with Crippen molar-refractivity contribution in [2.75, 3.05) is 0 Å². The van der Waals surface area contributed by atoms with E-state index in [1.165, 1.54) is 37.7 Å². The van der Waals surface area contributed by atoms with E-state index in [4.69, 9.17) is 11.6 Å². The quantitative estimate of drug-likeness (QED) is 0.479. The van der Waals surface area contributed by atoms with Gasteiger partial charge in [-0.3, -0.25) is 0 Å². The van der Waals surface area contributed by atoms with Crippen molar-refractivity contribution in [1.29, 1.82) is 0 Å². The van der Waals surface area contributed by atoms with E-state index in [0.717, 1.165) is 40.6 Å². The number of benzene rings is 1. The maximum Gasteiger partial charge on any atom is 0.191 e. The molecule has 3 rings (SSSR count). The maximum atomic E-state index is 5.95. The predicted molar refractivity (Wildman–Crippen MR) is 102 cm³/mol. The van der Waals surface area contributed by atoms with Gasteiger partial charge in [-0.2, -0.15) is 0 Å². The van der Waals surface area contributed by atoms with E-state index in [0.29, 0.717) is 0 Å². The Morgan fingerprint density at radius 1 is 1.17 bits per heavy atom. The van der Waals surface area contributed by atoms with Crippen molar-refractivity contribution in [2.24, 2.45) is 5.92 Å². The van der Waals surface area contributed by atoms with Crippen molar-refractivity contribution >= 4 is 23.4 Å². The van der Waals surface area contributed by atoms with Crippen LogP contribution in [0.1, 0.15) is 43.5 Å². The highest BCUT2D eigenvalue weighted by atomic mass is 35.5. The molecule has 128 valence electrons. The summed E-state index contributed by atoms with van der Waals surface area (Å²) in [5.41, 5.74) is 1.24. The molecule has 1 aromatic heterocycles. The molecule has 2 aromatic rings. The van der Waals surface area contributed by atoms with Gasteiger partial charge in [-0.15, -0.1) is 16.8 Å². The van der Waals surface area contributed by atoms with Gasteiger partial charge in [0.25, 0.3) is 0 Å². The van der Waals surface area contributed by atoms with Gasteiger partial charge in [-0.25, -0.2) is 0 Å². The van der Waals surface area contributed by atoms with Crippen LogP contribution in [-0.2, 0) is 18.7 Å². The highest BCUT2D eigenvalue weighted by molar-refractivity contribution is 7.98. The van der Waals surface area contributed by atoms with Crippen LogP contribution in [0.4, 0.5) is 0 Å². The molecule has 0 saturated heterocycles. The van der Waals surface area contributed by atoms with Crippen LogP contribution in [0.5, 0.6) is 0 Å². The molecule has 0 bridgehead atoms. The zero-order chi connectivity index (χ0) is 16.8. The molecule has 1 aromatic carbocycles. The number of hydrogen-bond donors (Lipinski definition) is 0. The fraction of sp³-hybridized carbons (Fsp3) is 0.474. The van der Waals surface area contributed by atoms with E-state index in [1.807, 2.05) is 18.2 Å². The third-order valence-corrected chi connectivity index (χ3v) is 5.87. The lowest BCUT2D eigenvalue weighted by Gasteiger charge is -2.21. The van der Waals surface area contributed by atoms with Crippen LogP contribution in [0.3, 0.4) is 0 Å². The zero-order valence-corrected chi connectivity index (χ0v) is 15.5. The first-order chi connectivity index (χ1) is 11.8. The number of allylic oxidation sites excluding steroid dienone is 1. The molecule has 0 spiro atoms. The molecule has 0 unspecified atom stereocenters. The van der Waals surface area contributed by atoms with Crippen molar-refractivity contribution < 1.29 is 0 Å². The zero-order valence-electron chi connectivity index (χ0n) is 14.0. The summed E-state index contributed by atoms with van der Waals surface area (Å²) in [4.78, 5) is 0. The molecule has 5 heteroatoms. The van der Waals surface area contributed by atoms with E-state index in [2.05, 4.69) is 33.5 Å². The van der Waals surface area contributed by atoms with Crippen molar-refractivity contribution in [3.8, 4) is 0 Å². The van der Waals surface area contributed by atoms with Crippen LogP contribution < -0.4 is 0 Å². The molecule has 24 heavy (non-hydrogen) atoms. The monoisotopic (exact) mass is 361 g/mol. The van der Waals surface area contributed by atoms with Gasteiger partial charge in [0.1, 0.15) is 5.82 Å². The van der Waals surface area contributed by atoms with Gasteiger partial charge in [0.15, 0.2) is 5.16 Å². The van der Waals surface area contributed by atoms with Gasteiger partial charge < -0.3 is 4.57 Å². The molecule has 0 N–H and O–H groups in total. The number of rotatable bonds is 7. The second-order valence-corrected chi connectivity index (χ2v) is 7.80. The molecular weight excluding hydrogens is 338 g/mol. The van der Waals surface area contributed by atoms with Crippen LogP contribution in [0.15, 0.2) is 42.1 Å². The fourth-order valence-electron chi connectivity index (χ4n) is 3.27. The Morgan fingerprint density at radius 2 is 1.92 bits per heavy atom. The van der Waals surface area contributed by atoms with Gasteiger partial charge in [-0.05, 0) is 23.6 Å². The molecule has 0 amide bonds. The molecule has 3 nitrogen and oxygen atoms in total. The lowest BCUT2D eigenvalue weighted by molar-refractivity contribution is 0.347. The topological polar surface area (TPSA) is 30.7 Å². The summed E-state index contributed by atoms with van der Waals surface area (Å²) in [6.45, 7) is 4.67. The van der Waals surface area contributed by atoms with Crippen molar-refractivity contribution in [1.82, 2.24) is 14.8 Å². The summed E-state index contributed by atoms with van der Waals surface area (Å²) in [6, 6.07) is 7.99. The summed E-state index contributed by atoms with van der Waals surface area (Å²) in [6.07, 6.45) is 9.74. The van der Waals surface area contributed by atoms with Crippen molar-refractivity contribution in [3.05, 3.63) is 53.3 Å². The minimum Gasteiger partial charge on any atom is -0.302 e. The first-order valence-electron chi connectivity index (χ1n) is 8.66. The minimum atomic E-state index is 0.764. The first kappa shape index (κ1) is 17.6. The second kappa shape index (κ2) is 8.72. The Bertz CT molecular complexity index is 660. The second-order valence-electron chi connectivity index (χ2n) is 6.42. The third kappa shape index (κ3) is 4.64. The average Bonchev–Trinajstić information content (AvgIpc) is 2.98. The van der Waals surface area contributed by atoms with Crippen LogP contribution in [-0.4, -0.2) is 14.8 Å². The standard InChI is InChI=1S/C19H24ClN3S/c1-2-12-23-18(13-15-6-4-3-5-7-15)21-22-19(23)24-14-16-8-10-17(20)11-9-16/h2,8-11,15H,1,3-7,12-14H2. The number of aromatic nitrogens is 3. The lowest BCUT2D eigenvalue weighted by Crippen LogP contribution is -2.13. The molecule has 1 heterocycles. The van der Waals surface area contributed by atoms with Crippen LogP contribution in [0.25, 0.3) is 0 Å². The molecule has 1 saturated carbocycles. The molecule has 1 fully saturated rings. The first-order valence-corrected chi connectivity index (χ1v) is 10.0.